The Morgan fingerprint density at radius 3 is 2.76 bits per heavy atom. The fourth-order valence-electron chi connectivity index (χ4n) is 2.59. The summed E-state index contributed by atoms with van der Waals surface area (Å²) < 4.78 is 2.04. The lowest BCUT2D eigenvalue weighted by atomic mass is 9.80. The Kier molecular flexibility index (Phi) is 2.21. The van der Waals surface area contributed by atoms with Gasteiger partial charge in [0, 0.05) is 24.1 Å². The van der Waals surface area contributed by atoms with Crippen molar-refractivity contribution < 1.29 is 9.90 Å². The number of hydrogen-bond donors (Lipinski definition) is 1. The highest BCUT2D eigenvalue weighted by Gasteiger charge is 2.23. The topological polar surface area (TPSA) is 42.2 Å². The Hall–Kier alpha value is -1.77. The van der Waals surface area contributed by atoms with Gasteiger partial charge in [-0.15, -0.1) is 0 Å². The van der Waals surface area contributed by atoms with Gasteiger partial charge >= 0.3 is 5.97 Å². The zero-order valence-corrected chi connectivity index (χ0v) is 9.81. The molecule has 2 aromatic rings. The molecule has 0 radical (unpaired) electrons. The van der Waals surface area contributed by atoms with Crippen molar-refractivity contribution in [3.05, 3.63) is 35.5 Å². The van der Waals surface area contributed by atoms with Crippen molar-refractivity contribution in [1.82, 2.24) is 4.57 Å². The predicted molar refractivity (Wildman–Crippen MR) is 66.5 cm³/mol. The van der Waals surface area contributed by atoms with Gasteiger partial charge in [0.25, 0.3) is 0 Å². The smallest absolute Gasteiger partial charge is 0.335 e. The number of benzene rings is 1. The first-order valence-electron chi connectivity index (χ1n) is 5.99. The van der Waals surface area contributed by atoms with E-state index in [0.717, 1.165) is 5.52 Å². The molecule has 3 rings (SSSR count). The van der Waals surface area contributed by atoms with Crippen LogP contribution < -0.4 is 0 Å². The maximum absolute atomic E-state index is 11.0. The number of hydrogen-bond acceptors (Lipinski definition) is 1. The quantitative estimate of drug-likeness (QED) is 0.859. The molecule has 3 nitrogen and oxygen atoms in total. The summed E-state index contributed by atoms with van der Waals surface area (Å²) in [5, 5.41) is 10.2. The van der Waals surface area contributed by atoms with E-state index in [0.29, 0.717) is 11.5 Å². The fourth-order valence-corrected chi connectivity index (χ4v) is 2.59. The highest BCUT2D eigenvalue weighted by atomic mass is 16.4. The van der Waals surface area contributed by atoms with Crippen LogP contribution >= 0.6 is 0 Å². The van der Waals surface area contributed by atoms with Gasteiger partial charge in [-0.1, -0.05) is 12.5 Å². The molecular weight excluding hydrogens is 214 g/mol. The molecule has 1 saturated carbocycles. The Bertz CT molecular complexity index is 594. The molecule has 0 amide bonds. The highest BCUT2D eigenvalue weighted by Crippen LogP contribution is 2.40. The lowest BCUT2D eigenvalue weighted by Gasteiger charge is -2.24. The van der Waals surface area contributed by atoms with Crippen LogP contribution in [0.4, 0.5) is 0 Å². The average Bonchev–Trinajstić information content (AvgIpc) is 2.54. The normalized spacial score (nSPS) is 16.1. The summed E-state index contributed by atoms with van der Waals surface area (Å²) in [6.45, 7) is 0. The molecule has 88 valence electrons. The molecule has 0 bridgehead atoms. The third-order valence-electron chi connectivity index (χ3n) is 3.81. The first-order valence-corrected chi connectivity index (χ1v) is 5.99. The summed E-state index contributed by atoms with van der Waals surface area (Å²) >= 11 is 0. The van der Waals surface area contributed by atoms with Gasteiger partial charge in [0.1, 0.15) is 0 Å². The number of aromatic nitrogens is 1. The number of carbonyl (C=O) groups is 1. The number of fused-ring (bicyclic) bond motifs is 1. The molecule has 1 aliphatic carbocycles. The zero-order chi connectivity index (χ0) is 12.0. The zero-order valence-electron chi connectivity index (χ0n) is 9.81. The second-order valence-corrected chi connectivity index (χ2v) is 4.86. The molecule has 1 heterocycles. The largest absolute Gasteiger partial charge is 0.478 e. The van der Waals surface area contributed by atoms with Gasteiger partial charge < -0.3 is 9.67 Å². The number of carboxylic acids is 1. The molecule has 1 aliphatic rings. The first-order chi connectivity index (χ1) is 8.16. The maximum atomic E-state index is 11.0. The molecule has 0 saturated heterocycles. The van der Waals surface area contributed by atoms with Crippen LogP contribution in [0.3, 0.4) is 0 Å². The van der Waals surface area contributed by atoms with Crippen LogP contribution in [-0.2, 0) is 7.05 Å². The summed E-state index contributed by atoms with van der Waals surface area (Å²) in [5.74, 6) is -0.187. The van der Waals surface area contributed by atoms with Crippen molar-refractivity contribution in [2.75, 3.05) is 0 Å². The molecule has 1 aromatic heterocycles. The van der Waals surface area contributed by atoms with Crippen LogP contribution in [0.5, 0.6) is 0 Å². The molecule has 17 heavy (non-hydrogen) atoms. The minimum Gasteiger partial charge on any atom is -0.478 e. The Morgan fingerprint density at radius 1 is 1.41 bits per heavy atom. The van der Waals surface area contributed by atoms with E-state index in [2.05, 4.69) is 6.20 Å². The van der Waals surface area contributed by atoms with E-state index < -0.39 is 5.97 Å². The summed E-state index contributed by atoms with van der Waals surface area (Å²) in [4.78, 5) is 11.0. The van der Waals surface area contributed by atoms with Crippen LogP contribution in [-0.4, -0.2) is 15.6 Å². The molecule has 0 unspecified atom stereocenters. The van der Waals surface area contributed by atoms with E-state index in [-0.39, 0.29) is 0 Å². The lowest BCUT2D eigenvalue weighted by molar-refractivity contribution is 0.0697. The van der Waals surface area contributed by atoms with Crippen molar-refractivity contribution in [3.8, 4) is 0 Å². The van der Waals surface area contributed by atoms with Crippen molar-refractivity contribution in [3.63, 3.8) is 0 Å². The Balaban J connectivity index is 2.17. The highest BCUT2D eigenvalue weighted by molar-refractivity contribution is 5.94. The predicted octanol–water partition coefficient (Wildman–Crippen LogP) is 3.14. The molecule has 0 atom stereocenters. The third-order valence-corrected chi connectivity index (χ3v) is 3.81. The van der Waals surface area contributed by atoms with Crippen LogP contribution in [0.1, 0.15) is 41.1 Å². The number of aromatic carboxylic acids is 1. The second kappa shape index (κ2) is 3.62. The van der Waals surface area contributed by atoms with Crippen molar-refractivity contribution in [2.24, 2.45) is 7.05 Å². The molecular formula is C14H15NO2. The molecule has 0 aliphatic heterocycles. The lowest BCUT2D eigenvalue weighted by Crippen LogP contribution is -2.07. The maximum Gasteiger partial charge on any atom is 0.335 e. The molecule has 1 fully saturated rings. The first kappa shape index (κ1) is 10.4. The van der Waals surface area contributed by atoms with Gasteiger partial charge in [0.2, 0.25) is 0 Å². The minimum absolute atomic E-state index is 0.360. The van der Waals surface area contributed by atoms with Gasteiger partial charge in [-0.25, -0.2) is 4.79 Å². The number of rotatable bonds is 2. The Morgan fingerprint density at radius 2 is 2.18 bits per heavy atom. The SMILES string of the molecule is Cn1cc(C2CCC2)c2ccc(C(=O)O)cc21. The summed E-state index contributed by atoms with van der Waals surface area (Å²) in [5.41, 5.74) is 2.76. The van der Waals surface area contributed by atoms with E-state index in [1.807, 2.05) is 17.7 Å². The van der Waals surface area contributed by atoms with Crippen LogP contribution in [0.2, 0.25) is 0 Å². The van der Waals surface area contributed by atoms with Gasteiger partial charge in [0.05, 0.1) is 5.56 Å². The average molecular weight is 229 g/mol. The summed E-state index contributed by atoms with van der Waals surface area (Å²) in [6, 6.07) is 5.42. The van der Waals surface area contributed by atoms with Crippen molar-refractivity contribution in [1.29, 1.82) is 0 Å². The molecule has 1 aromatic carbocycles. The van der Waals surface area contributed by atoms with E-state index in [1.165, 1.54) is 30.2 Å². The number of carboxylic acid groups (broad SMARTS) is 1. The van der Waals surface area contributed by atoms with Crippen LogP contribution in [0, 0.1) is 0 Å². The fraction of sp³-hybridized carbons (Fsp3) is 0.357. The summed E-state index contributed by atoms with van der Waals surface area (Å²) in [7, 11) is 1.98. The van der Waals surface area contributed by atoms with Crippen LogP contribution in [0.15, 0.2) is 24.4 Å². The van der Waals surface area contributed by atoms with Crippen molar-refractivity contribution >= 4 is 16.9 Å². The van der Waals surface area contributed by atoms with E-state index in [1.54, 1.807) is 12.1 Å². The Labute approximate surface area is 99.7 Å². The van der Waals surface area contributed by atoms with Gasteiger partial charge in [0.15, 0.2) is 0 Å². The van der Waals surface area contributed by atoms with E-state index >= 15 is 0 Å². The molecule has 3 heteroatoms. The summed E-state index contributed by atoms with van der Waals surface area (Å²) in [6.07, 6.45) is 5.99. The van der Waals surface area contributed by atoms with Gasteiger partial charge in [-0.3, -0.25) is 0 Å². The van der Waals surface area contributed by atoms with E-state index in [9.17, 15) is 4.79 Å². The standard InChI is InChI=1S/C14H15NO2/c1-15-8-12(9-3-2-4-9)11-6-5-10(14(16)17)7-13(11)15/h5-9H,2-4H2,1H3,(H,16,17). The van der Waals surface area contributed by atoms with Crippen LogP contribution in [0.25, 0.3) is 10.9 Å². The second-order valence-electron chi connectivity index (χ2n) is 4.86. The van der Waals surface area contributed by atoms with Gasteiger partial charge in [-0.2, -0.15) is 0 Å². The molecule has 0 spiro atoms. The minimum atomic E-state index is -0.863. The third kappa shape index (κ3) is 1.54. The molecule has 1 N–H and O–H groups in total. The van der Waals surface area contributed by atoms with Gasteiger partial charge in [-0.05, 0) is 36.5 Å². The van der Waals surface area contributed by atoms with Crippen molar-refractivity contribution in [2.45, 2.75) is 25.2 Å². The number of aryl methyl sites for hydroxylation is 1. The van der Waals surface area contributed by atoms with E-state index in [4.69, 9.17) is 5.11 Å². The monoisotopic (exact) mass is 229 g/mol. The number of nitrogens with zero attached hydrogens (tertiary/aromatic N) is 1.